The normalized spacial score (nSPS) is 10.4. The Balaban J connectivity index is 2.84. The molecule has 0 spiro atoms. The van der Waals surface area contributed by atoms with E-state index < -0.39 is 0 Å². The number of rotatable bonds is 5. The molecule has 0 saturated heterocycles. The van der Waals surface area contributed by atoms with Gasteiger partial charge in [0.25, 0.3) is 0 Å². The fourth-order valence-electron chi connectivity index (χ4n) is 1.40. The van der Waals surface area contributed by atoms with Crippen LogP contribution < -0.4 is 10.5 Å². The Morgan fingerprint density at radius 1 is 1.47 bits per heavy atom. The molecule has 84 valence electrons. The minimum atomic E-state index is 0.146. The van der Waals surface area contributed by atoms with Gasteiger partial charge >= 0.3 is 0 Å². The summed E-state index contributed by atoms with van der Waals surface area (Å²) in [5.41, 5.74) is 7.69. The fourth-order valence-corrected chi connectivity index (χ4v) is 2.02. The summed E-state index contributed by atoms with van der Waals surface area (Å²) >= 11 is 3.42. The van der Waals surface area contributed by atoms with Crippen molar-refractivity contribution in [2.24, 2.45) is 5.73 Å². The number of hydrogen-bond acceptors (Lipinski definition) is 3. The van der Waals surface area contributed by atoms with Gasteiger partial charge in [-0.05, 0) is 24.6 Å². The molecule has 0 aliphatic rings. The zero-order chi connectivity index (χ0) is 11.3. The van der Waals surface area contributed by atoms with Gasteiger partial charge in [0.15, 0.2) is 0 Å². The summed E-state index contributed by atoms with van der Waals surface area (Å²) in [6.07, 6.45) is 0.638. The number of aliphatic hydroxyl groups excluding tert-OH is 1. The molecule has 0 amide bonds. The number of ether oxygens (including phenoxy) is 1. The topological polar surface area (TPSA) is 55.5 Å². The Morgan fingerprint density at radius 2 is 2.20 bits per heavy atom. The zero-order valence-corrected chi connectivity index (χ0v) is 10.4. The highest BCUT2D eigenvalue weighted by Crippen LogP contribution is 2.27. The summed E-state index contributed by atoms with van der Waals surface area (Å²) in [6.45, 7) is 3.10. The van der Waals surface area contributed by atoms with Crippen molar-refractivity contribution >= 4 is 15.9 Å². The van der Waals surface area contributed by atoms with E-state index in [1.807, 2.05) is 19.1 Å². The van der Waals surface area contributed by atoms with Crippen LogP contribution >= 0.6 is 15.9 Å². The maximum Gasteiger partial charge on any atom is 0.126 e. The summed E-state index contributed by atoms with van der Waals surface area (Å²) in [5, 5.41) is 8.67. The molecule has 0 aliphatic carbocycles. The minimum absolute atomic E-state index is 0.146. The summed E-state index contributed by atoms with van der Waals surface area (Å²) in [5.74, 6) is 0.842. The van der Waals surface area contributed by atoms with Crippen LogP contribution in [0.4, 0.5) is 0 Å². The van der Waals surface area contributed by atoms with Crippen LogP contribution in [0.25, 0.3) is 0 Å². The van der Waals surface area contributed by atoms with E-state index in [4.69, 9.17) is 15.6 Å². The highest BCUT2D eigenvalue weighted by atomic mass is 79.9. The highest BCUT2D eigenvalue weighted by molar-refractivity contribution is 9.10. The smallest absolute Gasteiger partial charge is 0.126 e. The maximum absolute atomic E-state index is 8.67. The summed E-state index contributed by atoms with van der Waals surface area (Å²) in [6, 6.07) is 3.95. The number of aryl methyl sites for hydroxylation is 1. The maximum atomic E-state index is 8.67. The molecule has 0 unspecified atom stereocenters. The van der Waals surface area contributed by atoms with Crippen LogP contribution in [0.2, 0.25) is 0 Å². The lowest BCUT2D eigenvalue weighted by molar-refractivity contribution is 0.232. The van der Waals surface area contributed by atoms with Crippen LogP contribution in [0.3, 0.4) is 0 Å². The van der Waals surface area contributed by atoms with Gasteiger partial charge < -0.3 is 15.6 Å². The molecule has 0 radical (unpaired) electrons. The van der Waals surface area contributed by atoms with Crippen molar-refractivity contribution in [1.82, 2.24) is 0 Å². The predicted octanol–water partition coefficient (Wildman–Crippen LogP) is 1.98. The van der Waals surface area contributed by atoms with Gasteiger partial charge in [-0.15, -0.1) is 0 Å². The first-order valence-electron chi connectivity index (χ1n) is 4.91. The Morgan fingerprint density at radius 3 is 2.80 bits per heavy atom. The molecule has 15 heavy (non-hydrogen) atoms. The Hall–Kier alpha value is -0.580. The molecular formula is C11H16BrNO2. The van der Waals surface area contributed by atoms with Crippen molar-refractivity contribution in [2.75, 3.05) is 13.2 Å². The van der Waals surface area contributed by atoms with Crippen molar-refractivity contribution in [3.63, 3.8) is 0 Å². The summed E-state index contributed by atoms with van der Waals surface area (Å²) in [4.78, 5) is 0. The van der Waals surface area contributed by atoms with E-state index in [0.29, 0.717) is 19.6 Å². The standard InChI is InChI=1S/C11H16BrNO2/c1-8-5-10(12)6-9(7-13)11(8)15-4-2-3-14/h5-6,14H,2-4,7,13H2,1H3. The minimum Gasteiger partial charge on any atom is -0.493 e. The monoisotopic (exact) mass is 273 g/mol. The van der Waals surface area contributed by atoms with Gasteiger partial charge in [-0.2, -0.15) is 0 Å². The van der Waals surface area contributed by atoms with E-state index in [1.165, 1.54) is 0 Å². The van der Waals surface area contributed by atoms with Gasteiger partial charge in [0.05, 0.1) is 6.61 Å². The molecule has 0 bridgehead atoms. The molecule has 0 aliphatic heterocycles. The molecule has 4 heteroatoms. The van der Waals surface area contributed by atoms with Crippen molar-refractivity contribution in [2.45, 2.75) is 19.9 Å². The lowest BCUT2D eigenvalue weighted by Gasteiger charge is -2.13. The second-order valence-corrected chi connectivity index (χ2v) is 4.26. The van der Waals surface area contributed by atoms with E-state index in [9.17, 15) is 0 Å². The lowest BCUT2D eigenvalue weighted by Crippen LogP contribution is -2.06. The van der Waals surface area contributed by atoms with Gasteiger partial charge in [0.2, 0.25) is 0 Å². The third kappa shape index (κ3) is 3.48. The van der Waals surface area contributed by atoms with E-state index >= 15 is 0 Å². The first-order valence-corrected chi connectivity index (χ1v) is 5.71. The van der Waals surface area contributed by atoms with Crippen LogP contribution in [0.1, 0.15) is 17.5 Å². The SMILES string of the molecule is Cc1cc(Br)cc(CN)c1OCCCO. The van der Waals surface area contributed by atoms with Crippen LogP contribution in [-0.4, -0.2) is 18.3 Å². The first-order chi connectivity index (χ1) is 7.19. The number of benzene rings is 1. The van der Waals surface area contributed by atoms with E-state index in [0.717, 1.165) is 21.3 Å². The Bertz CT molecular complexity index is 329. The molecule has 0 saturated carbocycles. The Kier molecular flexibility index (Phi) is 5.08. The fraction of sp³-hybridized carbons (Fsp3) is 0.455. The molecule has 3 nitrogen and oxygen atoms in total. The molecule has 1 aromatic rings. The third-order valence-electron chi connectivity index (χ3n) is 2.09. The molecular weight excluding hydrogens is 258 g/mol. The average molecular weight is 274 g/mol. The Labute approximate surface area is 98.4 Å². The molecule has 3 N–H and O–H groups in total. The quantitative estimate of drug-likeness (QED) is 0.807. The van der Waals surface area contributed by atoms with E-state index in [1.54, 1.807) is 0 Å². The van der Waals surface area contributed by atoms with E-state index in [2.05, 4.69) is 15.9 Å². The van der Waals surface area contributed by atoms with Gasteiger partial charge in [-0.25, -0.2) is 0 Å². The summed E-state index contributed by atoms with van der Waals surface area (Å²) in [7, 11) is 0. The second-order valence-electron chi connectivity index (χ2n) is 3.34. The predicted molar refractivity (Wildman–Crippen MR) is 64.0 cm³/mol. The lowest BCUT2D eigenvalue weighted by atomic mass is 10.1. The van der Waals surface area contributed by atoms with Crippen molar-refractivity contribution in [1.29, 1.82) is 0 Å². The van der Waals surface area contributed by atoms with Crippen LogP contribution in [-0.2, 0) is 6.54 Å². The van der Waals surface area contributed by atoms with E-state index in [-0.39, 0.29) is 6.61 Å². The number of nitrogens with two attached hydrogens (primary N) is 1. The van der Waals surface area contributed by atoms with Gasteiger partial charge in [-0.1, -0.05) is 15.9 Å². The van der Waals surface area contributed by atoms with Crippen LogP contribution in [0.15, 0.2) is 16.6 Å². The van der Waals surface area contributed by atoms with Gasteiger partial charge in [0.1, 0.15) is 5.75 Å². The molecule has 1 aromatic carbocycles. The molecule has 1 rings (SSSR count). The van der Waals surface area contributed by atoms with Gasteiger partial charge in [0, 0.05) is 29.6 Å². The number of aliphatic hydroxyl groups is 1. The number of halogens is 1. The molecule has 0 aromatic heterocycles. The second kappa shape index (κ2) is 6.10. The molecule has 0 atom stereocenters. The largest absolute Gasteiger partial charge is 0.493 e. The summed E-state index contributed by atoms with van der Waals surface area (Å²) < 4.78 is 6.60. The van der Waals surface area contributed by atoms with Crippen molar-refractivity contribution in [3.05, 3.63) is 27.7 Å². The molecule has 0 heterocycles. The molecule has 0 fully saturated rings. The number of hydrogen-bond donors (Lipinski definition) is 2. The van der Waals surface area contributed by atoms with Crippen LogP contribution in [0, 0.1) is 6.92 Å². The van der Waals surface area contributed by atoms with Crippen LogP contribution in [0.5, 0.6) is 5.75 Å². The van der Waals surface area contributed by atoms with Gasteiger partial charge in [-0.3, -0.25) is 0 Å². The van der Waals surface area contributed by atoms with Crippen molar-refractivity contribution < 1.29 is 9.84 Å². The highest BCUT2D eigenvalue weighted by Gasteiger charge is 2.07. The third-order valence-corrected chi connectivity index (χ3v) is 2.54. The first kappa shape index (κ1) is 12.5. The van der Waals surface area contributed by atoms with Crippen molar-refractivity contribution in [3.8, 4) is 5.75 Å². The average Bonchev–Trinajstić information content (AvgIpc) is 2.20. The zero-order valence-electron chi connectivity index (χ0n) is 8.79.